The molecule has 0 bridgehead atoms. The Kier molecular flexibility index (Phi) is 6.28. The highest BCUT2D eigenvalue weighted by molar-refractivity contribution is 5.72. The van der Waals surface area contributed by atoms with E-state index in [1.807, 2.05) is 0 Å². The molecule has 0 saturated heterocycles. The maximum atomic E-state index is 13.1. The normalized spacial score (nSPS) is 13.5. The van der Waals surface area contributed by atoms with Crippen molar-refractivity contribution in [3.63, 3.8) is 0 Å². The minimum atomic E-state index is -0.726. The molecule has 0 atom stereocenters. The van der Waals surface area contributed by atoms with Crippen LogP contribution in [0.2, 0.25) is 0 Å². The monoisotopic (exact) mass is 430 g/mol. The average Bonchev–Trinajstić information content (AvgIpc) is 3.47. The first-order valence-corrected chi connectivity index (χ1v) is 10.1. The van der Waals surface area contributed by atoms with E-state index in [1.54, 1.807) is 33.8 Å². The third-order valence-electron chi connectivity index (χ3n) is 4.39. The van der Waals surface area contributed by atoms with E-state index in [9.17, 15) is 19.7 Å². The van der Waals surface area contributed by atoms with Gasteiger partial charge in [-0.3, -0.25) is 24.3 Å². The third-order valence-corrected chi connectivity index (χ3v) is 4.39. The average molecular weight is 430 g/mol. The van der Waals surface area contributed by atoms with Crippen LogP contribution in [0.4, 0.5) is 11.5 Å². The number of nitro groups is 1. The smallest absolute Gasteiger partial charge is 0.326 e. The number of aromatic nitrogens is 2. The van der Waals surface area contributed by atoms with Gasteiger partial charge >= 0.3 is 5.97 Å². The van der Waals surface area contributed by atoms with Crippen LogP contribution < -0.4 is 15.6 Å². The molecule has 2 aromatic rings. The number of rotatable bonds is 8. The van der Waals surface area contributed by atoms with Crippen molar-refractivity contribution in [2.45, 2.75) is 58.7 Å². The number of benzene rings is 1. The van der Waals surface area contributed by atoms with Crippen LogP contribution in [0.1, 0.15) is 40.5 Å². The standard InChI is InChI=1S/C21H26N4O6/c1-5-30-16-9-13(8-15(10-16)25(28)29)17-11-22-19(23-14-6-7-14)20(27)24(17)12-18(26)31-21(2,3)4/h8-11,14H,5-7,12H2,1-4H3,(H,22,23). The second-order valence-corrected chi connectivity index (χ2v) is 8.29. The number of nitrogens with zero attached hydrogens (tertiary/aromatic N) is 3. The zero-order valence-corrected chi connectivity index (χ0v) is 18.0. The lowest BCUT2D eigenvalue weighted by Crippen LogP contribution is -2.33. The summed E-state index contributed by atoms with van der Waals surface area (Å²) in [5.74, 6) is -0.191. The Hall–Kier alpha value is -3.43. The molecular weight excluding hydrogens is 404 g/mol. The van der Waals surface area contributed by atoms with E-state index in [0.717, 1.165) is 12.8 Å². The second-order valence-electron chi connectivity index (χ2n) is 8.29. The van der Waals surface area contributed by atoms with Crippen LogP contribution in [0.5, 0.6) is 5.75 Å². The molecule has 1 aromatic heterocycles. The lowest BCUT2D eigenvalue weighted by molar-refractivity contribution is -0.384. The summed E-state index contributed by atoms with van der Waals surface area (Å²) < 4.78 is 12.0. The van der Waals surface area contributed by atoms with E-state index >= 15 is 0 Å². The van der Waals surface area contributed by atoms with Gasteiger partial charge in [0.05, 0.1) is 29.5 Å². The Balaban J connectivity index is 2.10. The highest BCUT2D eigenvalue weighted by Gasteiger charge is 2.25. The number of carbonyl (C=O) groups is 1. The summed E-state index contributed by atoms with van der Waals surface area (Å²) in [4.78, 5) is 40.7. The van der Waals surface area contributed by atoms with Gasteiger partial charge in [-0.1, -0.05) is 0 Å². The molecule has 10 nitrogen and oxygen atoms in total. The first kappa shape index (κ1) is 22.3. The molecule has 0 amide bonds. The van der Waals surface area contributed by atoms with Crippen LogP contribution >= 0.6 is 0 Å². The first-order valence-electron chi connectivity index (χ1n) is 10.1. The molecule has 1 heterocycles. The van der Waals surface area contributed by atoms with Crippen molar-refractivity contribution in [1.82, 2.24) is 9.55 Å². The molecule has 1 aliphatic rings. The van der Waals surface area contributed by atoms with Crippen molar-refractivity contribution in [3.8, 4) is 17.0 Å². The van der Waals surface area contributed by atoms with Crippen LogP contribution in [0, 0.1) is 10.1 Å². The molecule has 31 heavy (non-hydrogen) atoms. The number of hydrogen-bond acceptors (Lipinski definition) is 8. The van der Waals surface area contributed by atoms with Crippen LogP contribution in [-0.4, -0.2) is 38.7 Å². The molecule has 0 spiro atoms. The number of anilines is 1. The van der Waals surface area contributed by atoms with Crippen LogP contribution in [0.25, 0.3) is 11.3 Å². The molecule has 1 fully saturated rings. The van der Waals surface area contributed by atoms with E-state index in [1.165, 1.54) is 22.9 Å². The summed E-state index contributed by atoms with van der Waals surface area (Å²) >= 11 is 0. The van der Waals surface area contributed by atoms with Crippen molar-refractivity contribution in [1.29, 1.82) is 0 Å². The van der Waals surface area contributed by atoms with Crippen LogP contribution in [-0.2, 0) is 16.1 Å². The van der Waals surface area contributed by atoms with Gasteiger partial charge < -0.3 is 14.8 Å². The van der Waals surface area contributed by atoms with Crippen molar-refractivity contribution in [2.24, 2.45) is 0 Å². The Morgan fingerprint density at radius 2 is 2.03 bits per heavy atom. The zero-order valence-electron chi connectivity index (χ0n) is 18.0. The van der Waals surface area contributed by atoms with Gasteiger partial charge in [-0.05, 0) is 46.6 Å². The van der Waals surface area contributed by atoms with Gasteiger partial charge in [0, 0.05) is 17.7 Å². The topological polar surface area (TPSA) is 126 Å². The largest absolute Gasteiger partial charge is 0.494 e. The van der Waals surface area contributed by atoms with Crippen molar-refractivity contribution in [3.05, 3.63) is 44.9 Å². The minimum absolute atomic E-state index is 0.130. The highest BCUT2D eigenvalue weighted by Crippen LogP contribution is 2.30. The molecule has 0 radical (unpaired) electrons. The Bertz CT molecular complexity index is 1050. The quantitative estimate of drug-likeness (QED) is 0.385. The number of esters is 1. The molecule has 0 unspecified atom stereocenters. The fourth-order valence-electron chi connectivity index (χ4n) is 2.98. The molecule has 1 N–H and O–H groups in total. The number of ether oxygens (including phenoxy) is 2. The van der Waals surface area contributed by atoms with Gasteiger partial charge in [0.1, 0.15) is 17.9 Å². The summed E-state index contributed by atoms with van der Waals surface area (Å²) in [6.45, 7) is 6.91. The van der Waals surface area contributed by atoms with E-state index in [-0.39, 0.29) is 35.5 Å². The highest BCUT2D eigenvalue weighted by atomic mass is 16.6. The molecule has 1 aromatic carbocycles. The number of carbonyl (C=O) groups excluding carboxylic acids is 1. The van der Waals surface area contributed by atoms with Gasteiger partial charge in [0.15, 0.2) is 5.82 Å². The van der Waals surface area contributed by atoms with Crippen molar-refractivity contribution < 1.29 is 19.2 Å². The maximum Gasteiger partial charge on any atom is 0.326 e. The number of nitrogens with one attached hydrogen (secondary N) is 1. The SMILES string of the molecule is CCOc1cc(-c2cnc(NC3CC3)c(=O)n2CC(=O)OC(C)(C)C)cc([N+](=O)[O-])c1. The first-order chi connectivity index (χ1) is 14.6. The van der Waals surface area contributed by atoms with E-state index in [4.69, 9.17) is 9.47 Å². The molecule has 166 valence electrons. The predicted octanol–water partition coefficient (Wildman–Crippen LogP) is 3.13. The molecule has 1 saturated carbocycles. The van der Waals surface area contributed by atoms with E-state index in [2.05, 4.69) is 10.3 Å². The fraction of sp³-hybridized carbons (Fsp3) is 0.476. The van der Waals surface area contributed by atoms with Crippen molar-refractivity contribution >= 4 is 17.5 Å². The molecule has 10 heteroatoms. The summed E-state index contributed by atoms with van der Waals surface area (Å²) in [7, 11) is 0. The molecule has 0 aliphatic heterocycles. The summed E-state index contributed by atoms with van der Waals surface area (Å²) in [5, 5.41) is 14.4. The Labute approximate surface area is 179 Å². The van der Waals surface area contributed by atoms with Crippen LogP contribution in [0.3, 0.4) is 0 Å². The van der Waals surface area contributed by atoms with Crippen LogP contribution in [0.15, 0.2) is 29.2 Å². The number of hydrogen-bond donors (Lipinski definition) is 1. The number of non-ortho nitro benzene ring substituents is 1. The minimum Gasteiger partial charge on any atom is -0.494 e. The summed E-state index contributed by atoms with van der Waals surface area (Å²) in [5.41, 5.74) is -0.834. The zero-order chi connectivity index (χ0) is 22.8. The van der Waals surface area contributed by atoms with Gasteiger partial charge in [-0.25, -0.2) is 4.98 Å². The van der Waals surface area contributed by atoms with Gasteiger partial charge in [0.25, 0.3) is 11.2 Å². The number of nitro benzene ring substituents is 1. The van der Waals surface area contributed by atoms with Gasteiger partial charge in [-0.2, -0.15) is 0 Å². The predicted molar refractivity (Wildman–Crippen MR) is 114 cm³/mol. The van der Waals surface area contributed by atoms with Crippen molar-refractivity contribution in [2.75, 3.05) is 11.9 Å². The summed E-state index contributed by atoms with van der Waals surface area (Å²) in [6.07, 6.45) is 3.31. The summed E-state index contributed by atoms with van der Waals surface area (Å²) in [6, 6.07) is 4.38. The van der Waals surface area contributed by atoms with Gasteiger partial charge in [-0.15, -0.1) is 0 Å². The molecular formula is C21H26N4O6. The Morgan fingerprint density at radius 3 is 2.61 bits per heavy atom. The van der Waals surface area contributed by atoms with Gasteiger partial charge in [0.2, 0.25) is 0 Å². The lowest BCUT2D eigenvalue weighted by Gasteiger charge is -2.21. The molecule has 3 rings (SSSR count). The Morgan fingerprint density at radius 1 is 1.32 bits per heavy atom. The maximum absolute atomic E-state index is 13.1. The van der Waals surface area contributed by atoms with E-state index in [0.29, 0.717) is 12.2 Å². The second kappa shape index (κ2) is 8.75. The lowest BCUT2D eigenvalue weighted by atomic mass is 10.1. The molecule has 1 aliphatic carbocycles. The third kappa shape index (κ3) is 5.80. The fourth-order valence-corrected chi connectivity index (χ4v) is 2.98. The van der Waals surface area contributed by atoms with E-state index < -0.39 is 22.1 Å².